The highest BCUT2D eigenvalue weighted by molar-refractivity contribution is 6.07. The van der Waals surface area contributed by atoms with Crippen LogP contribution in [0.15, 0.2) is 24.5 Å². The lowest BCUT2D eigenvalue weighted by molar-refractivity contribution is -0.134. The minimum atomic E-state index is -0.632. The van der Waals surface area contributed by atoms with Crippen molar-refractivity contribution in [3.05, 3.63) is 30.1 Å². The molecule has 3 amide bonds. The van der Waals surface area contributed by atoms with Gasteiger partial charge in [-0.3, -0.25) is 19.6 Å². The molecule has 0 radical (unpaired) electrons. The number of carbonyl (C=O) groups is 2. The number of hydrogen-bond acceptors (Lipinski definition) is 5. The highest BCUT2D eigenvalue weighted by Gasteiger charge is 2.52. The monoisotopic (exact) mass is 371 g/mol. The first-order valence-corrected chi connectivity index (χ1v) is 10.0. The van der Waals surface area contributed by atoms with E-state index in [0.717, 1.165) is 58.4 Å². The maximum absolute atomic E-state index is 13.0. The van der Waals surface area contributed by atoms with Crippen molar-refractivity contribution < 1.29 is 9.59 Å². The summed E-state index contributed by atoms with van der Waals surface area (Å²) in [5.41, 5.74) is 0.633. The average molecular weight is 371 g/mol. The van der Waals surface area contributed by atoms with Gasteiger partial charge in [-0.15, -0.1) is 0 Å². The predicted octanol–water partition coefficient (Wildman–Crippen LogP) is 1.66. The maximum Gasteiger partial charge on any atom is 0.326 e. The van der Waals surface area contributed by atoms with Crippen LogP contribution in [0.2, 0.25) is 0 Å². The van der Waals surface area contributed by atoms with Gasteiger partial charge in [0.15, 0.2) is 0 Å². The zero-order valence-electron chi connectivity index (χ0n) is 16.1. The number of carbonyl (C=O) groups excluding carboxylic acids is 2. The first-order valence-electron chi connectivity index (χ1n) is 10.0. The van der Waals surface area contributed by atoms with Gasteiger partial charge in [-0.2, -0.15) is 0 Å². The summed E-state index contributed by atoms with van der Waals surface area (Å²) in [6.07, 6.45) is 7.21. The lowest BCUT2D eigenvalue weighted by atomic mass is 9.77. The summed E-state index contributed by atoms with van der Waals surface area (Å²) in [6, 6.07) is 3.88. The largest absolute Gasteiger partial charge is 0.326 e. The van der Waals surface area contributed by atoms with Gasteiger partial charge in [0.05, 0.1) is 6.67 Å². The molecule has 2 aliphatic heterocycles. The molecule has 1 N–H and O–H groups in total. The van der Waals surface area contributed by atoms with Crippen LogP contribution in [0.25, 0.3) is 0 Å². The molecule has 1 saturated carbocycles. The Labute approximate surface area is 160 Å². The van der Waals surface area contributed by atoms with Crippen molar-refractivity contribution in [2.75, 3.05) is 32.8 Å². The molecule has 27 heavy (non-hydrogen) atoms. The van der Waals surface area contributed by atoms with E-state index in [1.807, 2.05) is 24.5 Å². The number of imide groups is 1. The van der Waals surface area contributed by atoms with Crippen molar-refractivity contribution in [3.63, 3.8) is 0 Å². The Morgan fingerprint density at radius 2 is 1.70 bits per heavy atom. The molecule has 1 spiro atoms. The Morgan fingerprint density at radius 3 is 2.37 bits per heavy atom. The van der Waals surface area contributed by atoms with Crippen molar-refractivity contribution in [1.29, 1.82) is 0 Å². The molecule has 0 bridgehead atoms. The van der Waals surface area contributed by atoms with E-state index in [2.05, 4.69) is 27.0 Å². The summed E-state index contributed by atoms with van der Waals surface area (Å²) in [5.74, 6) is 0.626. The Bertz CT molecular complexity index is 679. The first kappa shape index (κ1) is 18.4. The third-order valence-corrected chi connectivity index (χ3v) is 6.34. The number of nitrogens with one attached hydrogen (secondary N) is 1. The number of hydrogen-bond donors (Lipinski definition) is 1. The molecule has 7 heteroatoms. The van der Waals surface area contributed by atoms with Gasteiger partial charge in [0.1, 0.15) is 5.54 Å². The van der Waals surface area contributed by atoms with Crippen molar-refractivity contribution in [2.24, 2.45) is 5.92 Å². The van der Waals surface area contributed by atoms with E-state index in [9.17, 15) is 9.59 Å². The number of pyridine rings is 1. The Morgan fingerprint density at radius 1 is 1.07 bits per heavy atom. The third-order valence-electron chi connectivity index (χ3n) is 6.34. The van der Waals surface area contributed by atoms with Crippen LogP contribution in [0.1, 0.15) is 38.2 Å². The van der Waals surface area contributed by atoms with Crippen LogP contribution in [0.4, 0.5) is 4.79 Å². The molecular weight excluding hydrogens is 342 g/mol. The average Bonchev–Trinajstić information content (AvgIpc) is 2.91. The topological polar surface area (TPSA) is 68.8 Å². The summed E-state index contributed by atoms with van der Waals surface area (Å²) in [7, 11) is 0. The van der Waals surface area contributed by atoms with Crippen LogP contribution in [-0.4, -0.2) is 70.0 Å². The Balaban J connectivity index is 1.30. The van der Waals surface area contributed by atoms with Crippen molar-refractivity contribution in [1.82, 2.24) is 25.0 Å². The molecule has 146 valence electrons. The second-order valence-electron chi connectivity index (χ2n) is 8.32. The van der Waals surface area contributed by atoms with E-state index < -0.39 is 5.54 Å². The summed E-state index contributed by atoms with van der Waals surface area (Å²) in [4.78, 5) is 35.6. The van der Waals surface area contributed by atoms with E-state index in [1.54, 1.807) is 0 Å². The van der Waals surface area contributed by atoms with E-state index in [0.29, 0.717) is 12.6 Å². The SMILES string of the molecule is CC1CCC2(CC1)NC(=O)N(CN1CCN(Cc3ccncc3)CC1)C2=O. The summed E-state index contributed by atoms with van der Waals surface area (Å²) >= 11 is 0. The summed E-state index contributed by atoms with van der Waals surface area (Å²) < 4.78 is 0. The lowest BCUT2D eigenvalue weighted by Gasteiger charge is -2.36. The van der Waals surface area contributed by atoms with Gasteiger partial charge in [-0.25, -0.2) is 9.69 Å². The summed E-state index contributed by atoms with van der Waals surface area (Å²) in [6.45, 7) is 7.16. The second kappa shape index (κ2) is 7.56. The van der Waals surface area contributed by atoms with Crippen molar-refractivity contribution in [2.45, 2.75) is 44.7 Å². The molecule has 1 aliphatic carbocycles. The highest BCUT2D eigenvalue weighted by Crippen LogP contribution is 2.36. The molecule has 0 atom stereocenters. The van der Waals surface area contributed by atoms with Gasteiger partial charge in [0.2, 0.25) is 0 Å². The molecule has 2 saturated heterocycles. The third kappa shape index (κ3) is 3.84. The summed E-state index contributed by atoms with van der Waals surface area (Å²) in [5, 5.41) is 3.02. The van der Waals surface area contributed by atoms with E-state index in [-0.39, 0.29) is 11.9 Å². The second-order valence-corrected chi connectivity index (χ2v) is 8.32. The molecule has 4 rings (SSSR count). The zero-order chi connectivity index (χ0) is 18.9. The van der Waals surface area contributed by atoms with Gasteiger partial charge >= 0.3 is 6.03 Å². The zero-order valence-corrected chi connectivity index (χ0v) is 16.1. The minimum Gasteiger partial charge on any atom is -0.323 e. The number of aromatic nitrogens is 1. The molecule has 3 aliphatic rings. The van der Waals surface area contributed by atoms with Crippen molar-refractivity contribution in [3.8, 4) is 0 Å². The lowest BCUT2D eigenvalue weighted by Crippen LogP contribution is -2.52. The maximum atomic E-state index is 13.0. The fraction of sp³-hybridized carbons (Fsp3) is 0.650. The van der Waals surface area contributed by atoms with Crippen LogP contribution >= 0.6 is 0 Å². The molecule has 7 nitrogen and oxygen atoms in total. The van der Waals surface area contributed by atoms with Gasteiger partial charge in [-0.05, 0) is 49.3 Å². The van der Waals surface area contributed by atoms with Gasteiger partial charge in [0.25, 0.3) is 5.91 Å². The number of nitrogens with zero attached hydrogens (tertiary/aromatic N) is 4. The number of amides is 3. The van der Waals surface area contributed by atoms with Gasteiger partial charge < -0.3 is 5.32 Å². The standard InChI is InChI=1S/C20H29N5O2/c1-16-2-6-20(7-3-16)18(26)25(19(27)22-20)15-24-12-10-23(11-13-24)14-17-4-8-21-9-5-17/h4-5,8-9,16H,2-3,6-7,10-15H2,1H3,(H,22,27). The molecule has 3 heterocycles. The molecular formula is C20H29N5O2. The fourth-order valence-electron chi connectivity index (χ4n) is 4.43. The number of piperazine rings is 1. The van der Waals surface area contributed by atoms with E-state index in [1.165, 1.54) is 10.5 Å². The molecule has 1 aromatic rings. The normalized spacial score (nSPS) is 30.1. The number of urea groups is 1. The Hall–Kier alpha value is -1.99. The van der Waals surface area contributed by atoms with Gasteiger partial charge in [-0.1, -0.05) is 6.92 Å². The predicted molar refractivity (Wildman–Crippen MR) is 102 cm³/mol. The van der Waals surface area contributed by atoms with Crippen LogP contribution in [0.3, 0.4) is 0 Å². The van der Waals surface area contributed by atoms with E-state index >= 15 is 0 Å². The van der Waals surface area contributed by atoms with Crippen LogP contribution < -0.4 is 5.32 Å². The van der Waals surface area contributed by atoms with Crippen LogP contribution in [0.5, 0.6) is 0 Å². The smallest absolute Gasteiger partial charge is 0.323 e. The molecule has 0 aromatic carbocycles. The van der Waals surface area contributed by atoms with Gasteiger partial charge in [0, 0.05) is 45.1 Å². The first-order chi connectivity index (χ1) is 13.1. The Kier molecular flexibility index (Phi) is 5.14. The molecule has 3 fully saturated rings. The minimum absolute atomic E-state index is 0.0152. The highest BCUT2D eigenvalue weighted by atomic mass is 16.2. The molecule has 0 unspecified atom stereocenters. The van der Waals surface area contributed by atoms with Crippen LogP contribution in [0, 0.1) is 5.92 Å². The van der Waals surface area contributed by atoms with Crippen LogP contribution in [-0.2, 0) is 11.3 Å². The van der Waals surface area contributed by atoms with E-state index in [4.69, 9.17) is 0 Å². The fourth-order valence-corrected chi connectivity index (χ4v) is 4.43. The van der Waals surface area contributed by atoms with Crippen molar-refractivity contribution >= 4 is 11.9 Å². The molecule has 1 aromatic heterocycles. The quantitative estimate of drug-likeness (QED) is 0.815. The number of rotatable bonds is 4.